The van der Waals surface area contributed by atoms with Gasteiger partial charge in [0.1, 0.15) is 12.4 Å². The van der Waals surface area contributed by atoms with Gasteiger partial charge in [-0.3, -0.25) is 4.79 Å². The van der Waals surface area contributed by atoms with Crippen molar-refractivity contribution >= 4 is 5.97 Å². The van der Waals surface area contributed by atoms with Crippen LogP contribution >= 0.6 is 0 Å². The van der Waals surface area contributed by atoms with Gasteiger partial charge in [0.15, 0.2) is 0 Å². The van der Waals surface area contributed by atoms with Crippen LogP contribution in [0.1, 0.15) is 31.2 Å². The van der Waals surface area contributed by atoms with E-state index in [9.17, 15) is 4.79 Å². The molecule has 2 rings (SSSR count). The van der Waals surface area contributed by atoms with Crippen LogP contribution in [0.15, 0.2) is 24.3 Å². The number of hydrogen-bond acceptors (Lipinski definition) is 4. The highest BCUT2D eigenvalue weighted by Crippen LogP contribution is 2.43. The second-order valence-electron chi connectivity index (χ2n) is 5.24. The molecular formula is C15H21NO3. The van der Waals surface area contributed by atoms with Gasteiger partial charge in [-0.2, -0.15) is 0 Å². The summed E-state index contributed by atoms with van der Waals surface area (Å²) in [6.07, 6.45) is 3.70. The van der Waals surface area contributed by atoms with E-state index >= 15 is 0 Å². The monoisotopic (exact) mass is 263 g/mol. The van der Waals surface area contributed by atoms with Crippen molar-refractivity contribution in [1.82, 2.24) is 0 Å². The summed E-state index contributed by atoms with van der Waals surface area (Å²) in [5.41, 5.74) is 6.71. The van der Waals surface area contributed by atoms with Gasteiger partial charge in [-0.25, -0.2) is 0 Å². The minimum absolute atomic E-state index is 0.0109. The van der Waals surface area contributed by atoms with Gasteiger partial charge in [0.05, 0.1) is 13.5 Å². The molecule has 1 aromatic rings. The molecule has 0 saturated heterocycles. The Labute approximate surface area is 113 Å². The highest BCUT2D eigenvalue weighted by Gasteiger charge is 2.38. The zero-order valence-corrected chi connectivity index (χ0v) is 11.4. The second kappa shape index (κ2) is 6.06. The van der Waals surface area contributed by atoms with Crippen LogP contribution in [-0.4, -0.2) is 19.6 Å². The van der Waals surface area contributed by atoms with Gasteiger partial charge >= 0.3 is 5.97 Å². The van der Waals surface area contributed by atoms with E-state index in [2.05, 4.69) is 0 Å². The molecule has 1 aliphatic rings. The summed E-state index contributed by atoms with van der Waals surface area (Å²) < 4.78 is 10.4. The Hall–Kier alpha value is -1.55. The van der Waals surface area contributed by atoms with Crippen molar-refractivity contribution in [3.63, 3.8) is 0 Å². The van der Waals surface area contributed by atoms with Gasteiger partial charge < -0.3 is 15.2 Å². The number of rotatable bonds is 6. The molecule has 104 valence electrons. The van der Waals surface area contributed by atoms with Crippen molar-refractivity contribution in [3.8, 4) is 5.75 Å². The van der Waals surface area contributed by atoms with Crippen molar-refractivity contribution < 1.29 is 14.3 Å². The van der Waals surface area contributed by atoms with Crippen molar-refractivity contribution in [2.45, 2.75) is 32.3 Å². The van der Waals surface area contributed by atoms with Gasteiger partial charge in [0, 0.05) is 0 Å². The minimum atomic E-state index is -0.152. The number of hydrogen-bond donors (Lipinski definition) is 1. The summed E-state index contributed by atoms with van der Waals surface area (Å²) in [7, 11) is 1.62. The Kier molecular flexibility index (Phi) is 4.43. The summed E-state index contributed by atoms with van der Waals surface area (Å²) in [6, 6.07) is 7.51. The molecule has 0 atom stereocenters. The molecule has 1 aromatic carbocycles. The molecule has 1 fully saturated rings. The number of benzene rings is 1. The van der Waals surface area contributed by atoms with Crippen LogP contribution in [0.25, 0.3) is 0 Å². The average Bonchev–Trinajstić information content (AvgIpc) is 2.41. The summed E-state index contributed by atoms with van der Waals surface area (Å²) in [6.45, 7) is 0.883. The average molecular weight is 263 g/mol. The molecule has 4 nitrogen and oxygen atoms in total. The highest BCUT2D eigenvalue weighted by atomic mass is 16.5. The first kappa shape index (κ1) is 13.9. The standard InChI is InChI=1S/C15H21NO3/c1-18-13-5-3-12(4-6-13)10-19-14(17)9-15(11-16)7-2-8-15/h3-6H,2,7-11,16H2,1H3. The van der Waals surface area contributed by atoms with Crippen LogP contribution in [0.5, 0.6) is 5.75 Å². The van der Waals surface area contributed by atoms with Crippen LogP contribution < -0.4 is 10.5 Å². The number of ether oxygens (including phenoxy) is 2. The number of carbonyl (C=O) groups is 1. The van der Waals surface area contributed by atoms with E-state index in [1.807, 2.05) is 24.3 Å². The van der Waals surface area contributed by atoms with Crippen molar-refractivity contribution in [1.29, 1.82) is 0 Å². The van der Waals surface area contributed by atoms with Crippen LogP contribution in [0, 0.1) is 5.41 Å². The van der Waals surface area contributed by atoms with Gasteiger partial charge in [-0.1, -0.05) is 18.6 Å². The van der Waals surface area contributed by atoms with E-state index in [0.29, 0.717) is 19.6 Å². The van der Waals surface area contributed by atoms with Gasteiger partial charge in [0.25, 0.3) is 0 Å². The zero-order chi connectivity index (χ0) is 13.7. The zero-order valence-electron chi connectivity index (χ0n) is 11.4. The van der Waals surface area contributed by atoms with Crippen molar-refractivity contribution in [2.24, 2.45) is 11.1 Å². The first-order valence-electron chi connectivity index (χ1n) is 6.66. The Bertz CT molecular complexity index is 418. The third-order valence-electron chi connectivity index (χ3n) is 3.93. The molecule has 1 aliphatic carbocycles. The maximum absolute atomic E-state index is 11.8. The Morgan fingerprint density at radius 1 is 1.32 bits per heavy atom. The highest BCUT2D eigenvalue weighted by molar-refractivity contribution is 5.70. The molecule has 0 aliphatic heterocycles. The number of esters is 1. The molecule has 0 spiro atoms. The van der Waals surface area contributed by atoms with E-state index in [1.165, 1.54) is 6.42 Å². The van der Waals surface area contributed by atoms with Crippen LogP contribution in [-0.2, 0) is 16.1 Å². The maximum atomic E-state index is 11.8. The summed E-state index contributed by atoms with van der Waals surface area (Å²) >= 11 is 0. The van der Waals surface area contributed by atoms with Crippen LogP contribution in [0.3, 0.4) is 0 Å². The van der Waals surface area contributed by atoms with E-state index < -0.39 is 0 Å². The lowest BCUT2D eigenvalue weighted by Gasteiger charge is -2.40. The number of nitrogens with two attached hydrogens (primary N) is 1. The Balaban J connectivity index is 1.79. The van der Waals surface area contributed by atoms with Crippen LogP contribution in [0.4, 0.5) is 0 Å². The SMILES string of the molecule is COc1ccc(COC(=O)CC2(CN)CCC2)cc1. The number of carbonyl (C=O) groups excluding carboxylic acids is 1. The van der Waals surface area contributed by atoms with Gasteiger partial charge in [-0.05, 0) is 42.5 Å². The van der Waals surface area contributed by atoms with Crippen molar-refractivity contribution in [2.75, 3.05) is 13.7 Å². The van der Waals surface area contributed by atoms with Crippen LogP contribution in [0.2, 0.25) is 0 Å². The van der Waals surface area contributed by atoms with Crippen molar-refractivity contribution in [3.05, 3.63) is 29.8 Å². The minimum Gasteiger partial charge on any atom is -0.497 e. The fraction of sp³-hybridized carbons (Fsp3) is 0.533. The largest absolute Gasteiger partial charge is 0.497 e. The molecule has 2 N–H and O–H groups in total. The number of methoxy groups -OCH3 is 1. The van der Waals surface area contributed by atoms with E-state index in [-0.39, 0.29) is 11.4 Å². The molecule has 0 bridgehead atoms. The lowest BCUT2D eigenvalue weighted by molar-refractivity contribution is -0.149. The lowest BCUT2D eigenvalue weighted by atomic mass is 9.67. The van der Waals surface area contributed by atoms with Gasteiger partial charge in [0.2, 0.25) is 0 Å². The maximum Gasteiger partial charge on any atom is 0.306 e. The topological polar surface area (TPSA) is 61.5 Å². The fourth-order valence-corrected chi connectivity index (χ4v) is 2.37. The lowest BCUT2D eigenvalue weighted by Crippen LogP contribution is -2.39. The molecule has 0 unspecified atom stereocenters. The smallest absolute Gasteiger partial charge is 0.306 e. The predicted octanol–water partition coefficient (Wildman–Crippen LogP) is 2.26. The Morgan fingerprint density at radius 2 is 2.00 bits per heavy atom. The normalized spacial score (nSPS) is 16.5. The molecule has 0 radical (unpaired) electrons. The van der Waals surface area contributed by atoms with Gasteiger partial charge in [-0.15, -0.1) is 0 Å². The third kappa shape index (κ3) is 3.47. The van der Waals surface area contributed by atoms with E-state index in [1.54, 1.807) is 7.11 Å². The second-order valence-corrected chi connectivity index (χ2v) is 5.24. The fourth-order valence-electron chi connectivity index (χ4n) is 2.37. The molecule has 19 heavy (non-hydrogen) atoms. The first-order chi connectivity index (χ1) is 9.17. The molecule has 0 heterocycles. The molecule has 0 amide bonds. The Morgan fingerprint density at radius 3 is 2.47 bits per heavy atom. The summed E-state index contributed by atoms with van der Waals surface area (Å²) in [5.74, 6) is 0.646. The molecule has 1 saturated carbocycles. The van der Waals surface area contributed by atoms with E-state index in [0.717, 1.165) is 24.2 Å². The third-order valence-corrected chi connectivity index (χ3v) is 3.93. The quantitative estimate of drug-likeness (QED) is 0.800. The molecule has 0 aromatic heterocycles. The summed E-state index contributed by atoms with van der Waals surface area (Å²) in [5, 5.41) is 0. The van der Waals surface area contributed by atoms with E-state index in [4.69, 9.17) is 15.2 Å². The first-order valence-corrected chi connectivity index (χ1v) is 6.66. The molecule has 4 heteroatoms. The predicted molar refractivity (Wildman–Crippen MR) is 72.7 cm³/mol. The molecular weight excluding hydrogens is 242 g/mol. The summed E-state index contributed by atoms with van der Waals surface area (Å²) in [4.78, 5) is 11.8.